The van der Waals surface area contributed by atoms with Crippen LogP contribution in [0.25, 0.3) is 6.08 Å². The van der Waals surface area contributed by atoms with E-state index in [4.69, 9.17) is 5.11 Å². The molecule has 0 aromatic heterocycles. The Morgan fingerprint density at radius 1 is 1.35 bits per heavy atom. The highest BCUT2D eigenvalue weighted by atomic mass is 32.2. The number of hydrogen-bond donors (Lipinski definition) is 2. The predicted molar refractivity (Wildman–Crippen MR) is 75.2 cm³/mol. The molecular weight excluding hydrogens is 280 g/mol. The smallest absolute Gasteiger partial charge is 0.336 e. The van der Waals surface area contributed by atoms with Crippen LogP contribution in [-0.4, -0.2) is 28.1 Å². The van der Waals surface area contributed by atoms with E-state index in [0.29, 0.717) is 5.56 Å². The number of nitrogens with zero attached hydrogens (tertiary/aromatic N) is 1. The van der Waals surface area contributed by atoms with Crippen molar-refractivity contribution < 1.29 is 19.5 Å². The Kier molecular flexibility index (Phi) is 3.99. The molecule has 20 heavy (non-hydrogen) atoms. The highest BCUT2D eigenvalue weighted by Gasteiger charge is 2.23. The molecule has 1 heterocycles. The number of carboxylic acids is 1. The summed E-state index contributed by atoms with van der Waals surface area (Å²) in [6.45, 7) is 1.31. The largest absolute Gasteiger partial charge is 0.478 e. The first kappa shape index (κ1) is 14.0. The average molecular weight is 290 g/mol. The molecule has 0 fully saturated rings. The lowest BCUT2D eigenvalue weighted by Crippen LogP contribution is -2.23. The van der Waals surface area contributed by atoms with Crippen LogP contribution in [0.3, 0.4) is 0 Å². The number of amides is 2. The zero-order valence-electron chi connectivity index (χ0n) is 10.4. The molecule has 0 radical (unpaired) electrons. The van der Waals surface area contributed by atoms with E-state index in [-0.39, 0.29) is 21.5 Å². The number of carboxylic acid groups (broad SMARTS) is 1. The van der Waals surface area contributed by atoms with Gasteiger partial charge in [-0.05, 0) is 29.5 Å². The van der Waals surface area contributed by atoms with Crippen LogP contribution in [0, 0.1) is 0 Å². The van der Waals surface area contributed by atoms with Crippen LogP contribution >= 0.6 is 11.8 Å². The number of thioether (sulfide) groups is 1. The summed E-state index contributed by atoms with van der Waals surface area (Å²) in [5.41, 5.74) is 0.511. The van der Waals surface area contributed by atoms with Gasteiger partial charge in [0.05, 0.1) is 10.5 Å². The van der Waals surface area contributed by atoms with Crippen molar-refractivity contribution in [2.45, 2.75) is 6.92 Å². The van der Waals surface area contributed by atoms with E-state index in [2.05, 4.69) is 10.3 Å². The van der Waals surface area contributed by atoms with E-state index in [1.165, 1.54) is 19.1 Å². The fourth-order valence-electron chi connectivity index (χ4n) is 1.57. The van der Waals surface area contributed by atoms with Gasteiger partial charge in [0.15, 0.2) is 5.17 Å². The van der Waals surface area contributed by atoms with Gasteiger partial charge >= 0.3 is 5.97 Å². The number of rotatable bonds is 2. The van der Waals surface area contributed by atoms with E-state index in [0.717, 1.165) is 11.8 Å². The summed E-state index contributed by atoms with van der Waals surface area (Å²) in [7, 11) is 0. The topological polar surface area (TPSA) is 95.8 Å². The van der Waals surface area contributed by atoms with E-state index in [9.17, 15) is 14.4 Å². The summed E-state index contributed by atoms with van der Waals surface area (Å²) in [6, 6.07) is 6.34. The SMILES string of the molecule is CC(=O)NC1=NC(=O)C(=Cc2ccccc2C(=O)O)S1. The highest BCUT2D eigenvalue weighted by molar-refractivity contribution is 8.18. The van der Waals surface area contributed by atoms with Crippen molar-refractivity contribution in [3.63, 3.8) is 0 Å². The summed E-state index contributed by atoms with van der Waals surface area (Å²) < 4.78 is 0. The summed E-state index contributed by atoms with van der Waals surface area (Å²) in [6.07, 6.45) is 1.45. The molecule has 2 rings (SSSR count). The van der Waals surface area contributed by atoms with Crippen LogP contribution in [0.1, 0.15) is 22.8 Å². The van der Waals surface area contributed by atoms with Gasteiger partial charge in [0.2, 0.25) is 5.91 Å². The molecule has 0 spiro atoms. The van der Waals surface area contributed by atoms with Gasteiger partial charge in [-0.1, -0.05) is 18.2 Å². The number of carbonyl (C=O) groups is 3. The minimum atomic E-state index is -1.07. The average Bonchev–Trinajstić information content (AvgIpc) is 2.69. The maximum absolute atomic E-state index is 11.7. The summed E-state index contributed by atoms with van der Waals surface area (Å²) in [5.74, 6) is -1.90. The number of aromatic carboxylic acids is 1. The van der Waals surface area contributed by atoms with Crippen LogP contribution in [0.5, 0.6) is 0 Å². The second-order valence-electron chi connectivity index (χ2n) is 3.91. The molecule has 6 nitrogen and oxygen atoms in total. The van der Waals surface area contributed by atoms with Crippen molar-refractivity contribution >= 4 is 40.8 Å². The molecule has 2 N–H and O–H groups in total. The number of aliphatic imine (C=N–C) groups is 1. The lowest BCUT2D eigenvalue weighted by atomic mass is 10.1. The predicted octanol–water partition coefficient (Wildman–Crippen LogP) is 1.49. The Bertz CT molecular complexity index is 664. The quantitative estimate of drug-likeness (QED) is 0.804. The first-order valence-electron chi connectivity index (χ1n) is 5.60. The zero-order chi connectivity index (χ0) is 14.7. The molecule has 2 amide bonds. The molecule has 1 aliphatic heterocycles. The minimum absolute atomic E-state index is 0.0985. The van der Waals surface area contributed by atoms with Crippen LogP contribution in [0.15, 0.2) is 34.2 Å². The standard InChI is InChI=1S/C13H10N2O4S/c1-7(16)14-13-15-11(17)10(20-13)6-8-4-2-3-5-9(8)12(18)19/h2-6H,1H3,(H,18,19)(H,14,15,16,17). The van der Waals surface area contributed by atoms with Crippen molar-refractivity contribution in [3.8, 4) is 0 Å². The molecule has 0 aliphatic carbocycles. The molecule has 0 unspecified atom stereocenters. The minimum Gasteiger partial charge on any atom is -0.478 e. The Hall–Kier alpha value is -2.41. The first-order chi connectivity index (χ1) is 9.47. The second kappa shape index (κ2) is 5.70. The molecular formula is C13H10N2O4S. The van der Waals surface area contributed by atoms with Gasteiger partial charge in [-0.15, -0.1) is 0 Å². The summed E-state index contributed by atoms with van der Waals surface area (Å²) in [5, 5.41) is 11.7. The monoisotopic (exact) mass is 290 g/mol. The van der Waals surface area contributed by atoms with Crippen molar-refractivity contribution in [3.05, 3.63) is 40.3 Å². The van der Waals surface area contributed by atoms with Crippen molar-refractivity contribution in [1.82, 2.24) is 5.32 Å². The van der Waals surface area contributed by atoms with Crippen molar-refractivity contribution in [2.24, 2.45) is 4.99 Å². The number of nitrogens with one attached hydrogen (secondary N) is 1. The summed E-state index contributed by atoms with van der Waals surface area (Å²) >= 11 is 0.999. The van der Waals surface area contributed by atoms with Crippen LogP contribution in [0.2, 0.25) is 0 Å². The van der Waals surface area contributed by atoms with E-state index in [1.807, 2.05) is 0 Å². The number of hydrogen-bond acceptors (Lipinski definition) is 4. The van der Waals surface area contributed by atoms with Gasteiger partial charge in [0.25, 0.3) is 5.91 Å². The highest BCUT2D eigenvalue weighted by Crippen LogP contribution is 2.28. The lowest BCUT2D eigenvalue weighted by molar-refractivity contribution is -0.117. The van der Waals surface area contributed by atoms with Crippen molar-refractivity contribution in [1.29, 1.82) is 0 Å². The normalized spacial score (nSPS) is 16.1. The number of carbonyl (C=O) groups excluding carboxylic acids is 2. The fourth-order valence-corrected chi connectivity index (χ4v) is 2.42. The molecule has 1 aliphatic rings. The summed E-state index contributed by atoms with van der Waals surface area (Å²) in [4.78, 5) is 37.6. The van der Waals surface area contributed by atoms with Gasteiger partial charge in [-0.2, -0.15) is 4.99 Å². The maximum Gasteiger partial charge on any atom is 0.336 e. The molecule has 7 heteroatoms. The third-order valence-electron chi connectivity index (χ3n) is 2.38. The fraction of sp³-hybridized carbons (Fsp3) is 0.0769. The Balaban J connectivity index is 2.28. The third-order valence-corrected chi connectivity index (χ3v) is 3.28. The first-order valence-corrected chi connectivity index (χ1v) is 6.41. The lowest BCUT2D eigenvalue weighted by Gasteiger charge is -2.01. The molecule has 0 bridgehead atoms. The van der Waals surface area contributed by atoms with Crippen LogP contribution in [-0.2, 0) is 9.59 Å². The molecule has 0 saturated carbocycles. The Morgan fingerprint density at radius 2 is 2.05 bits per heavy atom. The van der Waals surface area contributed by atoms with Gasteiger partial charge < -0.3 is 10.4 Å². The van der Waals surface area contributed by atoms with E-state index < -0.39 is 11.9 Å². The van der Waals surface area contributed by atoms with Crippen molar-refractivity contribution in [2.75, 3.05) is 0 Å². The van der Waals surface area contributed by atoms with Gasteiger partial charge in [-0.3, -0.25) is 9.59 Å². The second-order valence-corrected chi connectivity index (χ2v) is 4.94. The Labute approximate surface area is 118 Å². The third kappa shape index (κ3) is 3.12. The van der Waals surface area contributed by atoms with E-state index >= 15 is 0 Å². The molecule has 1 aromatic rings. The number of benzene rings is 1. The number of amidine groups is 1. The molecule has 0 atom stereocenters. The van der Waals surface area contributed by atoms with Gasteiger partial charge in [0.1, 0.15) is 0 Å². The molecule has 102 valence electrons. The molecule has 1 aromatic carbocycles. The Morgan fingerprint density at radius 3 is 2.70 bits per heavy atom. The van der Waals surface area contributed by atoms with Crippen LogP contribution in [0.4, 0.5) is 0 Å². The van der Waals surface area contributed by atoms with E-state index in [1.54, 1.807) is 18.2 Å². The zero-order valence-corrected chi connectivity index (χ0v) is 11.2. The molecule has 0 saturated heterocycles. The van der Waals surface area contributed by atoms with Gasteiger partial charge in [0, 0.05) is 6.92 Å². The van der Waals surface area contributed by atoms with Gasteiger partial charge in [-0.25, -0.2) is 4.79 Å². The van der Waals surface area contributed by atoms with Crippen LogP contribution < -0.4 is 5.32 Å². The maximum atomic E-state index is 11.7.